The zero-order valence-corrected chi connectivity index (χ0v) is 29.5. The zero-order valence-electron chi connectivity index (χ0n) is 27.9. The normalized spacial score (nSPS) is 17.0. The van der Waals surface area contributed by atoms with Crippen LogP contribution in [0.5, 0.6) is 11.8 Å². The van der Waals surface area contributed by atoms with Crippen LogP contribution in [-0.2, 0) is 23.9 Å². The third-order valence-corrected chi connectivity index (χ3v) is 12.6. The molecule has 0 fully saturated rings. The van der Waals surface area contributed by atoms with Crippen LogP contribution >= 0.6 is 23.5 Å². The minimum Gasteiger partial charge on any atom is -0.494 e. The predicted molar refractivity (Wildman–Crippen MR) is 195 cm³/mol. The van der Waals surface area contributed by atoms with Gasteiger partial charge in [0, 0.05) is 44.6 Å². The molecule has 254 valence electrons. The van der Waals surface area contributed by atoms with Gasteiger partial charge in [0.1, 0.15) is 0 Å². The highest BCUT2D eigenvalue weighted by Gasteiger charge is 2.35. The molecule has 0 spiro atoms. The van der Waals surface area contributed by atoms with Gasteiger partial charge in [-0.15, -0.1) is 23.5 Å². The summed E-state index contributed by atoms with van der Waals surface area (Å²) in [6, 6.07) is 23.2. The Bertz CT molecular complexity index is 1720. The van der Waals surface area contributed by atoms with Gasteiger partial charge < -0.3 is 15.3 Å². The van der Waals surface area contributed by atoms with Gasteiger partial charge >= 0.3 is 0 Å². The average Bonchev–Trinajstić information content (AvgIpc) is 3.76. The number of thioether (sulfide) groups is 2. The monoisotopic (exact) mass is 686 g/mol. The van der Waals surface area contributed by atoms with Crippen molar-refractivity contribution in [2.75, 3.05) is 11.5 Å². The van der Waals surface area contributed by atoms with E-state index in [1.54, 1.807) is 44.8 Å². The van der Waals surface area contributed by atoms with Crippen molar-refractivity contribution < 1.29 is 15.3 Å². The highest BCUT2D eigenvalue weighted by molar-refractivity contribution is 7.99. The predicted octanol–water partition coefficient (Wildman–Crippen LogP) is 7.43. The number of aromatic hydroxyl groups is 2. The molecule has 9 heteroatoms. The number of rotatable bonds is 14. The van der Waals surface area contributed by atoms with Gasteiger partial charge in [-0.25, -0.2) is 0 Å². The summed E-state index contributed by atoms with van der Waals surface area (Å²) in [5, 5.41) is 33.6. The van der Waals surface area contributed by atoms with Crippen LogP contribution in [0.1, 0.15) is 87.5 Å². The van der Waals surface area contributed by atoms with Crippen LogP contribution in [0, 0.1) is 0 Å². The quantitative estimate of drug-likeness (QED) is 0.119. The second-order valence-corrected chi connectivity index (χ2v) is 15.9. The molecule has 2 aliphatic rings. The molecule has 48 heavy (non-hydrogen) atoms. The first-order chi connectivity index (χ1) is 23.1. The molecule has 0 aliphatic carbocycles. The maximum Gasteiger partial charge on any atom is 0.255 e. The summed E-state index contributed by atoms with van der Waals surface area (Å²) >= 11 is 3.24. The number of benzene rings is 2. The Hall–Kier alpha value is -3.40. The molecule has 2 aromatic carbocycles. The summed E-state index contributed by atoms with van der Waals surface area (Å²) in [6.45, 7) is 4.06. The molecule has 7 nitrogen and oxygen atoms in total. The Labute approximate surface area is 291 Å². The number of pyridine rings is 2. The zero-order chi connectivity index (χ0) is 33.9. The van der Waals surface area contributed by atoms with E-state index >= 15 is 0 Å². The number of aliphatic hydroxyl groups is 1. The molecule has 2 aromatic heterocycles. The summed E-state index contributed by atoms with van der Waals surface area (Å²) in [7, 11) is 0. The van der Waals surface area contributed by atoms with Crippen molar-refractivity contribution >= 4 is 23.5 Å². The van der Waals surface area contributed by atoms with Crippen molar-refractivity contribution in [2.24, 2.45) is 0 Å². The lowest BCUT2D eigenvalue weighted by Gasteiger charge is -2.34. The lowest BCUT2D eigenvalue weighted by atomic mass is 9.84. The van der Waals surface area contributed by atoms with Crippen LogP contribution in [0.15, 0.2) is 92.2 Å². The highest BCUT2D eigenvalue weighted by Crippen LogP contribution is 2.42. The van der Waals surface area contributed by atoms with Crippen LogP contribution < -0.4 is 11.1 Å². The molecule has 0 saturated heterocycles. The van der Waals surface area contributed by atoms with Crippen molar-refractivity contribution in [3.63, 3.8) is 0 Å². The maximum absolute atomic E-state index is 13.4. The number of nitrogens with zero attached hydrogens (tertiary/aromatic N) is 2. The Kier molecular flexibility index (Phi) is 10.5. The van der Waals surface area contributed by atoms with E-state index in [9.17, 15) is 24.9 Å². The Balaban J connectivity index is 1.08. The highest BCUT2D eigenvalue weighted by atomic mass is 32.2. The fourth-order valence-corrected chi connectivity index (χ4v) is 9.80. The summed E-state index contributed by atoms with van der Waals surface area (Å²) in [6.07, 6.45) is 6.77. The van der Waals surface area contributed by atoms with Gasteiger partial charge in [0.2, 0.25) is 0 Å². The second kappa shape index (κ2) is 14.6. The molecule has 0 amide bonds. The molecule has 0 bridgehead atoms. The minimum absolute atomic E-state index is 0.0748. The van der Waals surface area contributed by atoms with Crippen LogP contribution in [0.2, 0.25) is 0 Å². The van der Waals surface area contributed by atoms with E-state index in [0.29, 0.717) is 25.7 Å². The van der Waals surface area contributed by atoms with Crippen molar-refractivity contribution in [2.45, 2.75) is 105 Å². The van der Waals surface area contributed by atoms with E-state index in [2.05, 4.69) is 0 Å². The fourth-order valence-electron chi connectivity index (χ4n) is 7.64. The van der Waals surface area contributed by atoms with Gasteiger partial charge in [-0.3, -0.25) is 18.7 Å². The first-order valence-corrected chi connectivity index (χ1v) is 19.1. The topological polar surface area (TPSA) is 105 Å². The molecule has 2 atom stereocenters. The molecular formula is C39H46N2O5S2. The van der Waals surface area contributed by atoms with Crippen molar-refractivity contribution in [1.82, 2.24) is 9.13 Å². The van der Waals surface area contributed by atoms with E-state index in [-0.39, 0.29) is 22.9 Å². The van der Waals surface area contributed by atoms with Crippen molar-refractivity contribution in [1.29, 1.82) is 0 Å². The van der Waals surface area contributed by atoms with Gasteiger partial charge in [0.15, 0.2) is 11.8 Å². The lowest BCUT2D eigenvalue weighted by molar-refractivity contribution is 0.144. The Morgan fingerprint density at radius 1 is 0.667 bits per heavy atom. The Morgan fingerprint density at radius 2 is 1.06 bits per heavy atom. The molecule has 4 heterocycles. The number of hydrogen-bond acceptors (Lipinski definition) is 7. The summed E-state index contributed by atoms with van der Waals surface area (Å²) in [5.74, 6) is 1.88. The second-order valence-electron chi connectivity index (χ2n) is 13.6. The number of fused-ring (bicyclic) bond motifs is 2. The van der Waals surface area contributed by atoms with E-state index < -0.39 is 17.2 Å². The third kappa shape index (κ3) is 6.74. The first-order valence-electron chi connectivity index (χ1n) is 17.1. The van der Waals surface area contributed by atoms with Crippen LogP contribution in [0.25, 0.3) is 0 Å². The molecule has 0 saturated carbocycles. The first kappa shape index (κ1) is 34.5. The van der Waals surface area contributed by atoms with Gasteiger partial charge in [-0.05, 0) is 63.5 Å². The summed E-state index contributed by atoms with van der Waals surface area (Å²) in [4.78, 5) is 28.5. The third-order valence-electron chi connectivity index (χ3n) is 10.4. The minimum atomic E-state index is -0.725. The SMILES string of the molecule is CC(CCCCC(O)CCCCC(C)(c1ccccc1)n1c(O)c2c(cc1=O)SCC2)(c1ccccc1)n1c(O)c2c(cc1=O)SCC2. The van der Waals surface area contributed by atoms with Crippen LogP contribution in [0.4, 0.5) is 0 Å². The van der Waals surface area contributed by atoms with E-state index in [4.69, 9.17) is 0 Å². The lowest BCUT2D eigenvalue weighted by Crippen LogP contribution is -2.40. The van der Waals surface area contributed by atoms with Gasteiger partial charge in [0.05, 0.1) is 17.2 Å². The summed E-state index contributed by atoms with van der Waals surface area (Å²) < 4.78 is 3.16. The molecule has 0 radical (unpaired) electrons. The van der Waals surface area contributed by atoms with E-state index in [1.807, 2.05) is 74.5 Å². The largest absolute Gasteiger partial charge is 0.494 e. The van der Waals surface area contributed by atoms with Crippen molar-refractivity contribution in [3.05, 3.63) is 116 Å². The smallest absolute Gasteiger partial charge is 0.255 e. The van der Waals surface area contributed by atoms with E-state index in [0.717, 1.165) is 82.1 Å². The fraction of sp³-hybridized carbons (Fsp3) is 0.436. The summed E-state index contributed by atoms with van der Waals surface area (Å²) in [5.41, 5.74) is 1.83. The van der Waals surface area contributed by atoms with Crippen LogP contribution in [0.3, 0.4) is 0 Å². The number of hydrogen-bond donors (Lipinski definition) is 3. The molecular weight excluding hydrogens is 641 g/mol. The average molecular weight is 687 g/mol. The molecule has 2 unspecified atom stereocenters. The van der Waals surface area contributed by atoms with Gasteiger partial charge in [0.25, 0.3) is 11.1 Å². The van der Waals surface area contributed by atoms with Crippen LogP contribution in [-0.4, -0.2) is 42.1 Å². The molecule has 3 N–H and O–H groups in total. The van der Waals surface area contributed by atoms with Crippen molar-refractivity contribution in [3.8, 4) is 11.8 Å². The van der Waals surface area contributed by atoms with E-state index in [1.165, 1.54) is 0 Å². The maximum atomic E-state index is 13.4. The molecule has 2 aliphatic heterocycles. The number of unbranched alkanes of at least 4 members (excludes halogenated alkanes) is 2. The standard InChI is InChI=1S/C39H46N2O5S2/c1-38(27-13-5-3-6-14-27,40-34(43)25-32-30(36(40)45)19-23-47-32)21-11-9-17-29(42)18-10-12-22-39(2,28-15-7-4-8-16-28)41-35(44)26-33-31(37(41)46)20-24-48-33/h3-8,13-16,25-26,29,42,45-46H,9-12,17-24H2,1-2H3. The number of aromatic nitrogens is 2. The number of aliphatic hydroxyl groups excluding tert-OH is 1. The van der Waals surface area contributed by atoms with Gasteiger partial charge in [-0.2, -0.15) is 0 Å². The van der Waals surface area contributed by atoms with Gasteiger partial charge in [-0.1, -0.05) is 86.3 Å². The molecule has 4 aromatic rings. The molecule has 6 rings (SSSR count). The Morgan fingerprint density at radius 3 is 1.46 bits per heavy atom.